The molecule has 1 heterocycles. The van der Waals surface area contributed by atoms with Crippen molar-refractivity contribution in [2.24, 2.45) is 10.7 Å². The Morgan fingerprint density at radius 3 is 2.47 bits per heavy atom. The van der Waals surface area contributed by atoms with Gasteiger partial charge in [0.1, 0.15) is 5.82 Å². The van der Waals surface area contributed by atoms with Crippen molar-refractivity contribution in [1.82, 2.24) is 15.3 Å². The molecular formula is C30H28F5N7O3. The third-order valence-corrected chi connectivity index (χ3v) is 6.58. The summed E-state index contributed by atoms with van der Waals surface area (Å²) in [7, 11) is 0. The molecule has 2 amide bonds. The number of hydrogen-bond donors (Lipinski definition) is 4. The van der Waals surface area contributed by atoms with Gasteiger partial charge in [0, 0.05) is 42.3 Å². The fourth-order valence-electron chi connectivity index (χ4n) is 4.52. The van der Waals surface area contributed by atoms with E-state index in [-0.39, 0.29) is 46.9 Å². The minimum absolute atomic E-state index is 0.00400. The molecule has 0 saturated heterocycles. The molecule has 1 aromatic heterocycles. The van der Waals surface area contributed by atoms with Crippen molar-refractivity contribution < 1.29 is 36.3 Å². The molecule has 45 heavy (non-hydrogen) atoms. The fourth-order valence-corrected chi connectivity index (χ4v) is 4.52. The summed E-state index contributed by atoms with van der Waals surface area (Å²) in [6, 6.07) is 8.32. The predicted octanol–water partition coefficient (Wildman–Crippen LogP) is 5.69. The maximum absolute atomic E-state index is 14.9. The second-order valence-corrected chi connectivity index (χ2v) is 9.85. The number of rotatable bonds is 10. The SMILES string of the molecule is C=CC(=O)NC1CCCC(Nc2nccc(Oc3ccc(NC(=O)/C(=C/N)C(=Nc4ccc(F)cc4)C(F)(F)F)cc3F)n2)C1. The number of ether oxygens (including phenoxy) is 1. The van der Waals surface area contributed by atoms with E-state index in [9.17, 15) is 31.5 Å². The Kier molecular flexibility index (Phi) is 10.4. The number of carbonyl (C=O) groups is 2. The highest BCUT2D eigenvalue weighted by atomic mass is 19.4. The third kappa shape index (κ3) is 9.08. The number of benzene rings is 2. The van der Waals surface area contributed by atoms with Crippen molar-refractivity contribution in [3.05, 3.63) is 90.8 Å². The van der Waals surface area contributed by atoms with E-state index in [1.54, 1.807) is 0 Å². The quantitative estimate of drug-likeness (QED) is 0.128. The van der Waals surface area contributed by atoms with Crippen LogP contribution in [0.5, 0.6) is 11.6 Å². The molecule has 2 unspecified atom stereocenters. The Morgan fingerprint density at radius 2 is 1.80 bits per heavy atom. The van der Waals surface area contributed by atoms with Gasteiger partial charge in [-0.1, -0.05) is 6.58 Å². The number of aromatic nitrogens is 2. The monoisotopic (exact) mass is 629 g/mol. The van der Waals surface area contributed by atoms with Crippen molar-refractivity contribution in [3.8, 4) is 11.6 Å². The zero-order chi connectivity index (χ0) is 32.6. The summed E-state index contributed by atoms with van der Waals surface area (Å²) in [5.74, 6) is -3.28. The molecule has 0 bridgehead atoms. The molecule has 0 spiro atoms. The predicted molar refractivity (Wildman–Crippen MR) is 157 cm³/mol. The summed E-state index contributed by atoms with van der Waals surface area (Å²) in [4.78, 5) is 36.2. The Bertz CT molecular complexity index is 1610. The first kappa shape index (κ1) is 32.6. The molecule has 3 aromatic rings. The molecule has 236 valence electrons. The summed E-state index contributed by atoms with van der Waals surface area (Å²) >= 11 is 0. The van der Waals surface area contributed by atoms with Gasteiger partial charge in [0.25, 0.3) is 5.91 Å². The van der Waals surface area contributed by atoms with Crippen molar-refractivity contribution in [2.45, 2.75) is 43.9 Å². The van der Waals surface area contributed by atoms with E-state index < -0.39 is 35.0 Å². The van der Waals surface area contributed by atoms with E-state index >= 15 is 0 Å². The molecular weight excluding hydrogens is 601 g/mol. The Morgan fingerprint density at radius 1 is 1.07 bits per heavy atom. The lowest BCUT2D eigenvalue weighted by Crippen LogP contribution is -2.41. The number of amides is 2. The third-order valence-electron chi connectivity index (χ3n) is 6.58. The van der Waals surface area contributed by atoms with E-state index in [1.807, 2.05) is 0 Å². The Labute approximate surface area is 254 Å². The first-order valence-corrected chi connectivity index (χ1v) is 13.6. The van der Waals surface area contributed by atoms with Crippen LogP contribution in [0, 0.1) is 11.6 Å². The second kappa shape index (κ2) is 14.4. The van der Waals surface area contributed by atoms with E-state index in [2.05, 4.69) is 37.5 Å². The van der Waals surface area contributed by atoms with Gasteiger partial charge in [-0.05, 0) is 68.2 Å². The molecule has 1 fully saturated rings. The van der Waals surface area contributed by atoms with E-state index in [0.29, 0.717) is 12.6 Å². The van der Waals surface area contributed by atoms with Gasteiger partial charge in [-0.15, -0.1) is 0 Å². The number of nitrogens with one attached hydrogen (secondary N) is 3. The summed E-state index contributed by atoms with van der Waals surface area (Å²) in [5, 5.41) is 8.22. The largest absolute Gasteiger partial charge is 0.436 e. The van der Waals surface area contributed by atoms with Crippen LogP contribution in [0.3, 0.4) is 0 Å². The standard InChI is InChI=1S/C30H28F5N7O3/c1-2-25(43)38-19-4-3-5-20(14-19)41-29-37-13-12-26(42-29)45-24-11-10-21(15-23(24)32)40-28(44)22(16-36)27(30(33,34)35)39-18-8-6-17(31)7-9-18/h2,6-13,15-16,19-20H,1,3-5,14,36H2,(H,38,43)(H,40,44)(H,37,41,42)/b22-16+,39-27?. The van der Waals surface area contributed by atoms with Crippen LogP contribution in [0.25, 0.3) is 0 Å². The second-order valence-electron chi connectivity index (χ2n) is 9.85. The molecule has 2 aromatic carbocycles. The minimum Gasteiger partial charge on any atom is -0.436 e. The van der Waals surface area contributed by atoms with Gasteiger partial charge in [-0.2, -0.15) is 18.2 Å². The van der Waals surface area contributed by atoms with Crippen LogP contribution in [0.2, 0.25) is 0 Å². The first-order valence-electron chi connectivity index (χ1n) is 13.6. The van der Waals surface area contributed by atoms with Crippen LogP contribution in [-0.2, 0) is 9.59 Å². The van der Waals surface area contributed by atoms with Gasteiger partial charge in [0.15, 0.2) is 17.3 Å². The van der Waals surface area contributed by atoms with Crippen LogP contribution in [0.4, 0.5) is 39.3 Å². The lowest BCUT2D eigenvalue weighted by atomic mass is 9.91. The molecule has 15 heteroatoms. The van der Waals surface area contributed by atoms with Gasteiger partial charge in [-0.25, -0.2) is 18.8 Å². The normalized spacial score (nSPS) is 17.3. The number of nitrogens with two attached hydrogens (primary N) is 1. The number of hydrogen-bond acceptors (Lipinski definition) is 8. The number of nitrogens with zero attached hydrogens (tertiary/aromatic N) is 3. The highest BCUT2D eigenvalue weighted by Gasteiger charge is 2.40. The Hall–Kier alpha value is -5.34. The highest BCUT2D eigenvalue weighted by molar-refractivity contribution is 6.27. The topological polar surface area (TPSA) is 144 Å². The number of halogens is 5. The average molecular weight is 630 g/mol. The van der Waals surface area contributed by atoms with Crippen LogP contribution in [0.1, 0.15) is 25.7 Å². The number of alkyl halides is 3. The number of carbonyl (C=O) groups excluding carboxylic acids is 2. The van der Waals surface area contributed by atoms with Crippen LogP contribution >= 0.6 is 0 Å². The Balaban J connectivity index is 1.43. The zero-order valence-electron chi connectivity index (χ0n) is 23.6. The molecule has 10 nitrogen and oxygen atoms in total. The van der Waals surface area contributed by atoms with Crippen molar-refractivity contribution in [2.75, 3.05) is 10.6 Å². The van der Waals surface area contributed by atoms with Gasteiger partial charge >= 0.3 is 6.18 Å². The van der Waals surface area contributed by atoms with Crippen LogP contribution < -0.4 is 26.4 Å². The smallest absolute Gasteiger partial charge is 0.434 e. The van der Waals surface area contributed by atoms with Crippen molar-refractivity contribution >= 4 is 34.8 Å². The van der Waals surface area contributed by atoms with E-state index in [4.69, 9.17) is 10.5 Å². The van der Waals surface area contributed by atoms with Gasteiger partial charge in [0.2, 0.25) is 17.7 Å². The maximum atomic E-state index is 14.9. The average Bonchev–Trinajstić information content (AvgIpc) is 2.99. The molecule has 2 atom stereocenters. The van der Waals surface area contributed by atoms with Crippen LogP contribution in [-0.4, -0.2) is 45.8 Å². The number of anilines is 2. The minimum atomic E-state index is -5.11. The zero-order valence-corrected chi connectivity index (χ0v) is 23.6. The van der Waals surface area contributed by atoms with Crippen molar-refractivity contribution in [1.29, 1.82) is 0 Å². The fraction of sp³-hybridized carbons (Fsp3) is 0.233. The van der Waals surface area contributed by atoms with Crippen LogP contribution in [0.15, 0.2) is 84.1 Å². The number of aliphatic imine (C=N–C) groups is 1. The summed E-state index contributed by atoms with van der Waals surface area (Å²) in [6.07, 6.45) is 1.09. The molecule has 1 saturated carbocycles. The summed E-state index contributed by atoms with van der Waals surface area (Å²) in [5.41, 5.74) is 2.21. The lowest BCUT2D eigenvalue weighted by Gasteiger charge is -2.30. The summed E-state index contributed by atoms with van der Waals surface area (Å²) in [6.45, 7) is 3.46. The van der Waals surface area contributed by atoms with Crippen molar-refractivity contribution in [3.63, 3.8) is 0 Å². The molecule has 1 aliphatic carbocycles. The van der Waals surface area contributed by atoms with Gasteiger partial charge < -0.3 is 26.4 Å². The molecule has 0 aliphatic heterocycles. The van der Waals surface area contributed by atoms with Gasteiger partial charge in [0.05, 0.1) is 11.3 Å². The molecule has 0 radical (unpaired) electrons. The van der Waals surface area contributed by atoms with E-state index in [0.717, 1.165) is 55.7 Å². The molecule has 1 aliphatic rings. The van der Waals surface area contributed by atoms with E-state index in [1.165, 1.54) is 24.4 Å². The highest BCUT2D eigenvalue weighted by Crippen LogP contribution is 2.29. The summed E-state index contributed by atoms with van der Waals surface area (Å²) < 4.78 is 75.0. The first-order chi connectivity index (χ1) is 21.4. The maximum Gasteiger partial charge on any atom is 0.434 e. The molecule has 4 rings (SSSR count). The lowest BCUT2D eigenvalue weighted by molar-refractivity contribution is -0.117. The van der Waals surface area contributed by atoms with Gasteiger partial charge in [-0.3, -0.25) is 9.59 Å². The molecule has 5 N–H and O–H groups in total.